The first-order valence-electron chi connectivity index (χ1n) is 6.26. The maximum absolute atomic E-state index is 10.4. The molecule has 1 aliphatic rings. The van der Waals surface area contributed by atoms with Crippen LogP contribution in [-0.4, -0.2) is 26.9 Å². The Hall–Kier alpha value is -1.29. The number of unbranched alkanes of at least 4 members (excludes halogenated alkanes) is 1. The van der Waals surface area contributed by atoms with Crippen LogP contribution in [0.25, 0.3) is 0 Å². The lowest BCUT2D eigenvalue weighted by molar-refractivity contribution is 0.548. The molecule has 0 spiro atoms. The SMILES string of the molecule is CC1(C)CN(CCCC=S(=O)=O)c2ccccc21. The monoisotopic (exact) mass is 265 g/mol. The lowest BCUT2D eigenvalue weighted by Gasteiger charge is -2.22. The summed E-state index contributed by atoms with van der Waals surface area (Å²) >= 11 is 0. The van der Waals surface area contributed by atoms with E-state index >= 15 is 0 Å². The topological polar surface area (TPSA) is 37.4 Å². The number of benzene rings is 1. The molecule has 18 heavy (non-hydrogen) atoms. The Morgan fingerprint density at radius 2 is 2.06 bits per heavy atom. The van der Waals surface area contributed by atoms with Crippen molar-refractivity contribution in [2.75, 3.05) is 18.0 Å². The third-order valence-corrected chi connectivity index (χ3v) is 3.95. The van der Waals surface area contributed by atoms with Crippen LogP contribution in [0.1, 0.15) is 32.3 Å². The molecule has 4 heteroatoms. The minimum absolute atomic E-state index is 0.182. The first-order chi connectivity index (χ1) is 8.50. The van der Waals surface area contributed by atoms with Crippen molar-refractivity contribution in [3.63, 3.8) is 0 Å². The van der Waals surface area contributed by atoms with Gasteiger partial charge in [0.05, 0.1) is 0 Å². The van der Waals surface area contributed by atoms with Crippen LogP contribution in [0.2, 0.25) is 0 Å². The molecule has 1 aliphatic heterocycles. The van der Waals surface area contributed by atoms with E-state index in [2.05, 4.69) is 43.0 Å². The van der Waals surface area contributed by atoms with Gasteiger partial charge >= 0.3 is 0 Å². The maximum Gasteiger partial charge on any atom is 0.209 e. The molecule has 3 nitrogen and oxygen atoms in total. The highest BCUT2D eigenvalue weighted by Gasteiger charge is 2.33. The lowest BCUT2D eigenvalue weighted by atomic mass is 9.87. The van der Waals surface area contributed by atoms with Gasteiger partial charge in [0, 0.05) is 29.6 Å². The molecule has 98 valence electrons. The van der Waals surface area contributed by atoms with Gasteiger partial charge in [-0.15, -0.1) is 0 Å². The van der Waals surface area contributed by atoms with Gasteiger partial charge in [-0.2, -0.15) is 8.42 Å². The van der Waals surface area contributed by atoms with Crippen LogP contribution in [0.4, 0.5) is 5.69 Å². The fourth-order valence-corrected chi connectivity index (χ4v) is 2.99. The van der Waals surface area contributed by atoms with Gasteiger partial charge in [0.25, 0.3) is 0 Å². The van der Waals surface area contributed by atoms with Crippen molar-refractivity contribution >= 4 is 21.3 Å². The predicted octanol–water partition coefficient (Wildman–Crippen LogP) is 2.25. The Labute approximate surface area is 110 Å². The van der Waals surface area contributed by atoms with Crippen molar-refractivity contribution in [1.82, 2.24) is 0 Å². The van der Waals surface area contributed by atoms with Crippen LogP contribution in [0.3, 0.4) is 0 Å². The van der Waals surface area contributed by atoms with E-state index in [9.17, 15) is 8.42 Å². The predicted molar refractivity (Wildman–Crippen MR) is 75.9 cm³/mol. The van der Waals surface area contributed by atoms with E-state index in [1.54, 1.807) is 0 Å². The van der Waals surface area contributed by atoms with Gasteiger partial charge in [0.15, 0.2) is 0 Å². The fraction of sp³-hybridized carbons (Fsp3) is 0.500. The Morgan fingerprint density at radius 1 is 1.33 bits per heavy atom. The van der Waals surface area contributed by atoms with Gasteiger partial charge in [-0.3, -0.25) is 0 Å². The normalized spacial score (nSPS) is 16.4. The number of fused-ring (bicyclic) bond motifs is 1. The second-order valence-corrected chi connectivity index (χ2v) is 6.25. The van der Waals surface area contributed by atoms with E-state index < -0.39 is 10.3 Å². The van der Waals surface area contributed by atoms with E-state index in [0.29, 0.717) is 6.42 Å². The van der Waals surface area contributed by atoms with Gasteiger partial charge < -0.3 is 4.90 Å². The van der Waals surface area contributed by atoms with Crippen LogP contribution < -0.4 is 4.90 Å². The third-order valence-electron chi connectivity index (χ3n) is 3.45. The van der Waals surface area contributed by atoms with Crippen LogP contribution in [-0.2, 0) is 15.7 Å². The second-order valence-electron chi connectivity index (χ2n) is 5.39. The van der Waals surface area contributed by atoms with Crippen molar-refractivity contribution in [1.29, 1.82) is 0 Å². The van der Waals surface area contributed by atoms with Crippen molar-refractivity contribution in [3.05, 3.63) is 29.8 Å². The van der Waals surface area contributed by atoms with Crippen LogP contribution in [0.5, 0.6) is 0 Å². The van der Waals surface area contributed by atoms with Gasteiger partial charge in [-0.25, -0.2) is 0 Å². The summed E-state index contributed by atoms with van der Waals surface area (Å²) in [6.45, 7) is 6.43. The zero-order chi connectivity index (χ0) is 13.2. The zero-order valence-electron chi connectivity index (χ0n) is 10.9. The highest BCUT2D eigenvalue weighted by atomic mass is 32.2. The second kappa shape index (κ2) is 5.14. The summed E-state index contributed by atoms with van der Waals surface area (Å²) in [4.78, 5) is 2.36. The summed E-state index contributed by atoms with van der Waals surface area (Å²) in [7, 11) is -2.02. The molecule has 2 rings (SSSR count). The number of nitrogens with zero attached hydrogens (tertiary/aromatic N) is 1. The molecule has 0 N–H and O–H groups in total. The smallest absolute Gasteiger partial charge is 0.209 e. The summed E-state index contributed by atoms with van der Waals surface area (Å²) in [5.74, 6) is 0. The highest BCUT2D eigenvalue weighted by molar-refractivity contribution is 7.71. The van der Waals surface area contributed by atoms with Crippen molar-refractivity contribution in [2.24, 2.45) is 0 Å². The van der Waals surface area contributed by atoms with Gasteiger partial charge in [0.2, 0.25) is 10.3 Å². The van der Waals surface area contributed by atoms with Crippen LogP contribution in [0.15, 0.2) is 24.3 Å². The molecule has 0 unspecified atom stereocenters. The average molecular weight is 265 g/mol. The number of anilines is 1. The Kier molecular flexibility index (Phi) is 3.76. The quantitative estimate of drug-likeness (QED) is 0.619. The van der Waals surface area contributed by atoms with E-state index in [-0.39, 0.29) is 5.41 Å². The standard InChI is InChI=1S/C14H19NO2S/c1-14(2)11-15(9-5-6-10-18(16)17)13-8-4-3-7-12(13)14/h3-4,7-8,10H,5-6,9,11H2,1-2H3. The molecule has 0 saturated heterocycles. The zero-order valence-corrected chi connectivity index (χ0v) is 11.7. The summed E-state index contributed by atoms with van der Waals surface area (Å²) in [5, 5.41) is 1.34. The highest BCUT2D eigenvalue weighted by Crippen LogP contribution is 2.39. The molecule has 1 aromatic rings. The van der Waals surface area contributed by atoms with E-state index in [1.165, 1.54) is 16.6 Å². The minimum Gasteiger partial charge on any atom is -0.370 e. The van der Waals surface area contributed by atoms with Gasteiger partial charge in [-0.1, -0.05) is 32.0 Å². The number of para-hydroxylation sites is 1. The van der Waals surface area contributed by atoms with Crippen LogP contribution >= 0.6 is 0 Å². The molecule has 0 bridgehead atoms. The van der Waals surface area contributed by atoms with Crippen molar-refractivity contribution < 1.29 is 8.42 Å². The van der Waals surface area contributed by atoms with Crippen molar-refractivity contribution in [2.45, 2.75) is 32.1 Å². The molecular weight excluding hydrogens is 246 g/mol. The first-order valence-corrected chi connectivity index (χ1v) is 7.40. The Bertz CT molecular complexity index is 553. The number of hydrogen-bond acceptors (Lipinski definition) is 3. The van der Waals surface area contributed by atoms with Gasteiger partial charge in [-0.05, 0) is 24.5 Å². The molecule has 1 aromatic carbocycles. The maximum atomic E-state index is 10.4. The third kappa shape index (κ3) is 2.75. The summed E-state index contributed by atoms with van der Waals surface area (Å²) in [5.41, 5.74) is 2.87. The van der Waals surface area contributed by atoms with Gasteiger partial charge in [0.1, 0.15) is 0 Å². The number of rotatable bonds is 4. The summed E-state index contributed by atoms with van der Waals surface area (Å²) < 4.78 is 20.9. The van der Waals surface area contributed by atoms with E-state index in [1.807, 2.05) is 0 Å². The Morgan fingerprint density at radius 3 is 2.78 bits per heavy atom. The van der Waals surface area contributed by atoms with Crippen LogP contribution in [0, 0.1) is 0 Å². The first kappa shape index (κ1) is 13.1. The molecule has 0 saturated carbocycles. The molecule has 0 amide bonds. The lowest BCUT2D eigenvalue weighted by Crippen LogP contribution is -2.29. The fourth-order valence-electron chi connectivity index (χ4n) is 2.63. The number of hydrogen-bond donors (Lipinski definition) is 0. The molecule has 0 aromatic heterocycles. The Balaban J connectivity index is 2.06. The molecular formula is C14H19NO2S. The molecule has 1 heterocycles. The van der Waals surface area contributed by atoms with E-state index in [4.69, 9.17) is 0 Å². The molecule has 0 atom stereocenters. The molecule has 0 radical (unpaired) electrons. The van der Waals surface area contributed by atoms with E-state index in [0.717, 1.165) is 19.5 Å². The average Bonchev–Trinajstić information content (AvgIpc) is 2.57. The molecule has 0 aliphatic carbocycles. The minimum atomic E-state index is -2.02. The summed E-state index contributed by atoms with van der Waals surface area (Å²) in [6, 6.07) is 8.48. The summed E-state index contributed by atoms with van der Waals surface area (Å²) in [6.07, 6.45) is 1.49. The van der Waals surface area contributed by atoms with Crippen molar-refractivity contribution in [3.8, 4) is 0 Å². The molecule has 0 fully saturated rings. The largest absolute Gasteiger partial charge is 0.370 e.